The van der Waals surface area contributed by atoms with E-state index in [1.165, 1.54) is 121 Å². The van der Waals surface area contributed by atoms with Gasteiger partial charge in [0.2, 0.25) is 0 Å². The second-order valence-corrected chi connectivity index (χ2v) is 8.59. The first-order valence-corrected chi connectivity index (χ1v) is 12.1. The third-order valence-corrected chi connectivity index (χ3v) is 5.80. The van der Waals surface area contributed by atoms with Crippen molar-refractivity contribution in [2.75, 3.05) is 0 Å². The van der Waals surface area contributed by atoms with Crippen LogP contribution in [0.15, 0.2) is 29.2 Å². The average Bonchev–Trinajstić information content (AvgIpc) is 2.66. The van der Waals surface area contributed by atoms with Gasteiger partial charge in [-0.2, -0.15) is 0 Å². The van der Waals surface area contributed by atoms with Crippen LogP contribution in [0.2, 0.25) is 0 Å². The maximum Gasteiger partial charge on any atom is 0.00401 e. The first-order valence-electron chi connectivity index (χ1n) is 11.6. The van der Waals surface area contributed by atoms with Crippen molar-refractivity contribution in [3.8, 4) is 0 Å². The molecule has 1 heteroatoms. The lowest BCUT2D eigenvalue weighted by Crippen LogP contribution is -1.86. The fourth-order valence-electron chi connectivity index (χ4n) is 3.72. The van der Waals surface area contributed by atoms with Crippen LogP contribution in [0.3, 0.4) is 0 Å². The lowest BCUT2D eigenvalue weighted by atomic mass is 10.0. The summed E-state index contributed by atoms with van der Waals surface area (Å²) in [7, 11) is 0. The summed E-state index contributed by atoms with van der Waals surface area (Å²) in [5.74, 6) is 0. The van der Waals surface area contributed by atoms with Crippen LogP contribution in [0.4, 0.5) is 0 Å². The van der Waals surface area contributed by atoms with Crippen molar-refractivity contribution >= 4 is 12.6 Å². The Balaban J connectivity index is 1.72. The Morgan fingerprint density at radius 1 is 0.500 bits per heavy atom. The second-order valence-electron chi connectivity index (χ2n) is 8.07. The van der Waals surface area contributed by atoms with Crippen LogP contribution >= 0.6 is 12.6 Å². The molecule has 0 N–H and O–H groups in total. The standard InChI is InChI=1S/C25H44S/c1-2-3-4-5-6-7-8-9-10-11-12-13-14-15-16-17-18-19-24-20-22-25(26)23-21-24/h20-23,26H,2-19H2,1H3. The van der Waals surface area contributed by atoms with Gasteiger partial charge in [0.25, 0.3) is 0 Å². The molecular weight excluding hydrogens is 332 g/mol. The molecule has 150 valence electrons. The SMILES string of the molecule is CCCCCCCCCCCCCCCCCCCc1ccc(S)cc1. The van der Waals surface area contributed by atoms with Crippen molar-refractivity contribution in [1.82, 2.24) is 0 Å². The van der Waals surface area contributed by atoms with Gasteiger partial charge in [0.05, 0.1) is 0 Å². The van der Waals surface area contributed by atoms with E-state index in [0.717, 1.165) is 4.90 Å². The van der Waals surface area contributed by atoms with Gasteiger partial charge in [0.1, 0.15) is 0 Å². The fourth-order valence-corrected chi connectivity index (χ4v) is 3.87. The van der Waals surface area contributed by atoms with Gasteiger partial charge in [-0.3, -0.25) is 0 Å². The largest absolute Gasteiger partial charge is 0.143 e. The normalized spacial score (nSPS) is 11.2. The van der Waals surface area contributed by atoms with Crippen LogP contribution in [0, 0.1) is 0 Å². The molecule has 0 spiro atoms. The maximum atomic E-state index is 4.34. The summed E-state index contributed by atoms with van der Waals surface area (Å²) < 4.78 is 0. The number of aryl methyl sites for hydroxylation is 1. The van der Waals surface area contributed by atoms with Crippen molar-refractivity contribution in [2.24, 2.45) is 0 Å². The zero-order chi connectivity index (χ0) is 18.7. The molecule has 0 saturated carbocycles. The van der Waals surface area contributed by atoms with E-state index in [4.69, 9.17) is 0 Å². The zero-order valence-electron chi connectivity index (χ0n) is 17.5. The first kappa shape index (κ1) is 23.6. The summed E-state index contributed by atoms with van der Waals surface area (Å²) in [5.41, 5.74) is 1.46. The van der Waals surface area contributed by atoms with Gasteiger partial charge in [0.15, 0.2) is 0 Å². The van der Waals surface area contributed by atoms with Crippen LogP contribution in [0.25, 0.3) is 0 Å². The molecule has 0 aliphatic carbocycles. The van der Waals surface area contributed by atoms with Crippen molar-refractivity contribution < 1.29 is 0 Å². The predicted octanol–water partition coefficient (Wildman–Crippen LogP) is 9.17. The van der Waals surface area contributed by atoms with Gasteiger partial charge >= 0.3 is 0 Å². The van der Waals surface area contributed by atoms with E-state index in [-0.39, 0.29) is 0 Å². The molecule has 0 bridgehead atoms. The Bertz CT molecular complexity index is 395. The molecule has 0 aromatic heterocycles. The van der Waals surface area contributed by atoms with Crippen molar-refractivity contribution in [2.45, 2.75) is 127 Å². The van der Waals surface area contributed by atoms with Crippen molar-refractivity contribution in [1.29, 1.82) is 0 Å². The third-order valence-electron chi connectivity index (χ3n) is 5.51. The summed E-state index contributed by atoms with van der Waals surface area (Å²) in [6, 6.07) is 8.64. The van der Waals surface area contributed by atoms with Gasteiger partial charge in [0, 0.05) is 4.90 Å². The van der Waals surface area contributed by atoms with Crippen LogP contribution in [0.5, 0.6) is 0 Å². The molecule has 0 saturated heterocycles. The summed E-state index contributed by atoms with van der Waals surface area (Å²) in [5, 5.41) is 0. The molecule has 0 fully saturated rings. The molecule has 0 unspecified atom stereocenters. The van der Waals surface area contributed by atoms with E-state index >= 15 is 0 Å². The van der Waals surface area contributed by atoms with Crippen LogP contribution in [-0.4, -0.2) is 0 Å². The van der Waals surface area contributed by atoms with Crippen LogP contribution < -0.4 is 0 Å². The molecule has 0 amide bonds. The second kappa shape index (κ2) is 18.0. The van der Waals surface area contributed by atoms with Gasteiger partial charge in [-0.15, -0.1) is 12.6 Å². The predicted molar refractivity (Wildman–Crippen MR) is 122 cm³/mol. The molecule has 0 radical (unpaired) electrons. The summed E-state index contributed by atoms with van der Waals surface area (Å²) in [6.07, 6.45) is 25.8. The van der Waals surface area contributed by atoms with E-state index < -0.39 is 0 Å². The average molecular weight is 377 g/mol. The highest BCUT2D eigenvalue weighted by Crippen LogP contribution is 2.15. The number of thiol groups is 1. The minimum absolute atomic E-state index is 1.07. The quantitative estimate of drug-likeness (QED) is 0.191. The zero-order valence-corrected chi connectivity index (χ0v) is 18.4. The van der Waals surface area contributed by atoms with Crippen molar-refractivity contribution in [3.05, 3.63) is 29.8 Å². The molecule has 0 aliphatic heterocycles. The number of unbranched alkanes of at least 4 members (excludes halogenated alkanes) is 16. The number of benzene rings is 1. The summed E-state index contributed by atoms with van der Waals surface area (Å²) >= 11 is 4.34. The van der Waals surface area contributed by atoms with E-state index in [1.54, 1.807) is 0 Å². The van der Waals surface area contributed by atoms with E-state index in [0.29, 0.717) is 0 Å². The highest BCUT2D eigenvalue weighted by Gasteiger charge is 1.96. The maximum absolute atomic E-state index is 4.34. The Labute approximate surface area is 170 Å². The summed E-state index contributed by atoms with van der Waals surface area (Å²) in [4.78, 5) is 1.07. The Kier molecular flexibility index (Phi) is 16.3. The molecule has 1 aromatic carbocycles. The van der Waals surface area contributed by atoms with Gasteiger partial charge in [-0.05, 0) is 30.5 Å². The summed E-state index contributed by atoms with van der Waals surface area (Å²) in [6.45, 7) is 2.30. The van der Waals surface area contributed by atoms with Crippen LogP contribution in [-0.2, 0) is 6.42 Å². The van der Waals surface area contributed by atoms with Gasteiger partial charge in [-0.25, -0.2) is 0 Å². The molecule has 0 nitrogen and oxygen atoms in total. The Morgan fingerprint density at radius 3 is 1.23 bits per heavy atom. The first-order chi connectivity index (χ1) is 12.8. The number of hydrogen-bond acceptors (Lipinski definition) is 1. The lowest BCUT2D eigenvalue weighted by molar-refractivity contribution is 0.527. The smallest absolute Gasteiger partial charge is 0.00401 e. The molecule has 0 atom stereocenters. The molecule has 0 aliphatic rings. The Hall–Kier alpha value is -0.430. The molecule has 0 heterocycles. The highest BCUT2D eigenvalue weighted by molar-refractivity contribution is 7.80. The van der Waals surface area contributed by atoms with Crippen LogP contribution in [0.1, 0.15) is 122 Å². The minimum Gasteiger partial charge on any atom is -0.143 e. The molecule has 26 heavy (non-hydrogen) atoms. The topological polar surface area (TPSA) is 0 Å². The molecule has 1 aromatic rings. The minimum atomic E-state index is 1.07. The molecule has 1 rings (SSSR count). The van der Waals surface area contributed by atoms with Gasteiger partial charge in [-0.1, -0.05) is 122 Å². The lowest BCUT2D eigenvalue weighted by Gasteiger charge is -2.04. The number of rotatable bonds is 18. The monoisotopic (exact) mass is 376 g/mol. The van der Waals surface area contributed by atoms with E-state index in [2.05, 4.69) is 43.8 Å². The van der Waals surface area contributed by atoms with Crippen molar-refractivity contribution in [3.63, 3.8) is 0 Å². The van der Waals surface area contributed by atoms with E-state index in [9.17, 15) is 0 Å². The van der Waals surface area contributed by atoms with Gasteiger partial charge < -0.3 is 0 Å². The Morgan fingerprint density at radius 2 is 0.846 bits per heavy atom. The number of hydrogen-bond donors (Lipinski definition) is 1. The molecular formula is C25H44S. The highest BCUT2D eigenvalue weighted by atomic mass is 32.1. The van der Waals surface area contributed by atoms with E-state index in [1.807, 2.05) is 0 Å². The fraction of sp³-hybridized carbons (Fsp3) is 0.760. The third kappa shape index (κ3) is 14.7.